The molecule has 0 saturated carbocycles. The van der Waals surface area contributed by atoms with Gasteiger partial charge in [0, 0.05) is 35.1 Å². The molecule has 11 nitrogen and oxygen atoms in total. The summed E-state index contributed by atoms with van der Waals surface area (Å²) in [4.78, 5) is 46.8. The third-order valence-electron chi connectivity index (χ3n) is 5.29. The summed E-state index contributed by atoms with van der Waals surface area (Å²) < 4.78 is 37.6. The van der Waals surface area contributed by atoms with Crippen LogP contribution in [0.15, 0.2) is 36.9 Å². The molecular formula is C23H26F3N7O4. The monoisotopic (exact) mass is 521 g/mol. The minimum Gasteiger partial charge on any atom is -0.480 e. The van der Waals surface area contributed by atoms with E-state index in [1.165, 1.54) is 19.3 Å². The number of amides is 3. The molecule has 198 valence electrons. The van der Waals surface area contributed by atoms with Gasteiger partial charge in [0.05, 0.1) is 17.6 Å². The van der Waals surface area contributed by atoms with Crippen molar-refractivity contribution in [3.63, 3.8) is 0 Å². The maximum Gasteiger partial charge on any atom is 0.405 e. The Kier molecular flexibility index (Phi) is 8.20. The molecule has 0 radical (unpaired) electrons. The number of aromatic amines is 1. The highest BCUT2D eigenvalue weighted by atomic mass is 19.4. The van der Waals surface area contributed by atoms with Crippen molar-refractivity contribution in [3.8, 4) is 11.1 Å². The summed E-state index contributed by atoms with van der Waals surface area (Å²) in [6.07, 6.45) is 1.56. The number of H-pyrrole nitrogens is 1. The predicted octanol–water partition coefficient (Wildman–Crippen LogP) is 3.33. The molecule has 0 saturated heterocycles. The Balaban J connectivity index is 1.81. The molecule has 0 spiro atoms. The van der Waals surface area contributed by atoms with E-state index in [1.54, 1.807) is 38.4 Å². The average Bonchev–Trinajstić information content (AvgIpc) is 3.23. The van der Waals surface area contributed by atoms with E-state index >= 15 is 0 Å². The maximum atomic E-state index is 12.5. The largest absolute Gasteiger partial charge is 0.480 e. The van der Waals surface area contributed by atoms with E-state index in [1.807, 2.05) is 5.32 Å². The summed E-state index contributed by atoms with van der Waals surface area (Å²) in [5, 5.41) is 19.2. The Morgan fingerprint density at radius 3 is 2.46 bits per heavy atom. The molecule has 3 rings (SSSR count). The highest BCUT2D eigenvalue weighted by molar-refractivity contribution is 5.98. The quantitative estimate of drug-likeness (QED) is 0.252. The fourth-order valence-corrected chi connectivity index (χ4v) is 3.41. The Hall–Kier alpha value is -4.36. The first-order valence-corrected chi connectivity index (χ1v) is 11.2. The molecule has 6 N–H and O–H groups in total. The summed E-state index contributed by atoms with van der Waals surface area (Å²) in [5.74, 6) is -2.30. The summed E-state index contributed by atoms with van der Waals surface area (Å²) in [6, 6.07) is 0.576. The van der Waals surface area contributed by atoms with Crippen molar-refractivity contribution in [2.75, 3.05) is 17.2 Å². The number of carbonyl (C=O) groups excluding carboxylic acids is 2. The Morgan fingerprint density at radius 2 is 1.81 bits per heavy atom. The van der Waals surface area contributed by atoms with Crippen LogP contribution in [0, 0.1) is 5.92 Å². The third kappa shape index (κ3) is 7.32. The van der Waals surface area contributed by atoms with Crippen LogP contribution in [0.3, 0.4) is 0 Å². The Bertz CT molecular complexity index is 1290. The minimum absolute atomic E-state index is 0.312. The van der Waals surface area contributed by atoms with Crippen molar-refractivity contribution < 1.29 is 32.7 Å². The number of alkyl halides is 3. The lowest BCUT2D eigenvalue weighted by atomic mass is 10.0. The summed E-state index contributed by atoms with van der Waals surface area (Å²) in [5.41, 5.74) is 2.50. The Morgan fingerprint density at radius 1 is 1.08 bits per heavy atom. The molecule has 0 aliphatic carbocycles. The fourth-order valence-electron chi connectivity index (χ4n) is 3.41. The number of nitrogens with one attached hydrogen (secondary N) is 5. The zero-order valence-corrected chi connectivity index (χ0v) is 20.1. The molecule has 3 heterocycles. The second-order valence-electron chi connectivity index (χ2n) is 8.64. The second-order valence-corrected chi connectivity index (χ2v) is 8.64. The lowest BCUT2D eigenvalue weighted by Crippen LogP contribution is -2.46. The van der Waals surface area contributed by atoms with Gasteiger partial charge in [-0.2, -0.15) is 13.2 Å². The second kappa shape index (κ2) is 11.1. The summed E-state index contributed by atoms with van der Waals surface area (Å²) in [6.45, 7) is 3.30. The van der Waals surface area contributed by atoms with Gasteiger partial charge in [-0.1, -0.05) is 13.8 Å². The van der Waals surface area contributed by atoms with Gasteiger partial charge in [0.2, 0.25) is 5.91 Å². The molecule has 0 aromatic carbocycles. The number of rotatable bonds is 9. The maximum absolute atomic E-state index is 12.5. The van der Waals surface area contributed by atoms with Crippen LogP contribution >= 0.6 is 0 Å². The molecular weight excluding hydrogens is 495 g/mol. The van der Waals surface area contributed by atoms with Crippen LogP contribution < -0.4 is 21.3 Å². The van der Waals surface area contributed by atoms with Gasteiger partial charge in [0.25, 0.3) is 0 Å². The van der Waals surface area contributed by atoms with E-state index in [9.17, 15) is 27.6 Å². The zero-order valence-electron chi connectivity index (χ0n) is 20.1. The first kappa shape index (κ1) is 27.2. The molecule has 0 aliphatic heterocycles. The number of aromatic nitrogens is 3. The van der Waals surface area contributed by atoms with Gasteiger partial charge in [-0.3, -0.25) is 14.6 Å². The zero-order chi connectivity index (χ0) is 27.3. The highest BCUT2D eigenvalue weighted by Gasteiger charge is 2.30. The number of hydrogen-bond donors (Lipinski definition) is 6. The molecule has 3 amide bonds. The van der Waals surface area contributed by atoms with Gasteiger partial charge in [-0.05, 0) is 25.0 Å². The Labute approximate surface area is 209 Å². The molecule has 2 atom stereocenters. The van der Waals surface area contributed by atoms with Crippen LogP contribution in [0.1, 0.15) is 20.8 Å². The third-order valence-corrected chi connectivity index (χ3v) is 5.29. The van der Waals surface area contributed by atoms with Crippen molar-refractivity contribution in [3.05, 3.63) is 36.9 Å². The molecule has 3 aromatic rings. The number of nitrogens with zero attached hydrogens (tertiary/aromatic N) is 2. The molecule has 0 aliphatic rings. The SMILES string of the molecule is CC(C)C(Nc1cncc(-c2c[nH]c3ncc(NC(=O)N[C@@H](C)C(=O)O)cc23)c1)C(=O)NCC(F)(F)F. The number of carbonyl (C=O) groups is 3. The van der Waals surface area contributed by atoms with Gasteiger partial charge < -0.3 is 31.4 Å². The average molecular weight is 522 g/mol. The fraction of sp³-hybridized carbons (Fsp3) is 0.348. The van der Waals surface area contributed by atoms with E-state index in [-0.39, 0.29) is 5.92 Å². The number of fused-ring (bicyclic) bond motifs is 1. The van der Waals surface area contributed by atoms with Gasteiger partial charge in [-0.25, -0.2) is 9.78 Å². The van der Waals surface area contributed by atoms with Crippen molar-refractivity contribution in [2.24, 2.45) is 5.92 Å². The van der Waals surface area contributed by atoms with Crippen LogP contribution in [0.5, 0.6) is 0 Å². The number of anilines is 2. The topological polar surface area (TPSA) is 161 Å². The van der Waals surface area contributed by atoms with Gasteiger partial charge in [-0.15, -0.1) is 0 Å². The normalized spacial score (nSPS) is 13.2. The van der Waals surface area contributed by atoms with Gasteiger partial charge in [0.15, 0.2) is 0 Å². The summed E-state index contributed by atoms with van der Waals surface area (Å²) >= 11 is 0. The van der Waals surface area contributed by atoms with Crippen LogP contribution in [0.25, 0.3) is 22.2 Å². The number of hydrogen-bond acceptors (Lipinski definition) is 6. The summed E-state index contributed by atoms with van der Waals surface area (Å²) in [7, 11) is 0. The molecule has 1 unspecified atom stereocenters. The molecule has 37 heavy (non-hydrogen) atoms. The number of urea groups is 1. The van der Waals surface area contributed by atoms with Crippen LogP contribution in [-0.4, -0.2) is 62.8 Å². The van der Waals surface area contributed by atoms with E-state index in [0.717, 1.165) is 0 Å². The number of carboxylic acid groups (broad SMARTS) is 1. The van der Waals surface area contributed by atoms with E-state index < -0.39 is 42.7 Å². The van der Waals surface area contributed by atoms with E-state index in [4.69, 9.17) is 5.11 Å². The lowest BCUT2D eigenvalue weighted by Gasteiger charge is -2.23. The van der Waals surface area contributed by atoms with Crippen molar-refractivity contribution in [1.29, 1.82) is 0 Å². The predicted molar refractivity (Wildman–Crippen MR) is 130 cm³/mol. The van der Waals surface area contributed by atoms with Crippen molar-refractivity contribution in [1.82, 2.24) is 25.6 Å². The van der Waals surface area contributed by atoms with Crippen molar-refractivity contribution in [2.45, 2.75) is 39.0 Å². The molecule has 3 aromatic heterocycles. The van der Waals surface area contributed by atoms with Gasteiger partial charge >= 0.3 is 18.2 Å². The smallest absolute Gasteiger partial charge is 0.405 e. The number of pyridine rings is 2. The van der Waals surface area contributed by atoms with Gasteiger partial charge in [0.1, 0.15) is 24.3 Å². The standard InChI is InChI=1S/C23H26F3N7O4/c1-11(2)18(20(34)30-10-23(24,25)26)32-14-4-13(6-27-7-14)17-9-29-19-16(17)5-15(8-28-19)33-22(37)31-12(3)21(35)36/h4-9,11-12,18,32H,10H2,1-3H3,(H,28,29)(H,30,34)(H,35,36)(H2,31,33,37)/t12-,18?/m0/s1. The molecule has 0 bridgehead atoms. The highest BCUT2D eigenvalue weighted by Crippen LogP contribution is 2.30. The van der Waals surface area contributed by atoms with E-state index in [2.05, 4.69) is 30.9 Å². The number of carboxylic acids is 1. The van der Waals surface area contributed by atoms with Crippen LogP contribution in [0.2, 0.25) is 0 Å². The number of aliphatic carboxylic acids is 1. The first-order valence-electron chi connectivity index (χ1n) is 11.2. The van der Waals surface area contributed by atoms with Crippen LogP contribution in [0.4, 0.5) is 29.3 Å². The van der Waals surface area contributed by atoms with Crippen molar-refractivity contribution >= 4 is 40.3 Å². The first-order chi connectivity index (χ1) is 17.3. The molecule has 14 heteroatoms. The molecule has 0 fully saturated rings. The van der Waals surface area contributed by atoms with Crippen LogP contribution in [-0.2, 0) is 9.59 Å². The van der Waals surface area contributed by atoms with E-state index in [0.29, 0.717) is 33.5 Å². The lowest BCUT2D eigenvalue weighted by molar-refractivity contribution is -0.139. The number of halogens is 3. The minimum atomic E-state index is -4.52.